The van der Waals surface area contributed by atoms with Gasteiger partial charge in [-0.25, -0.2) is 14.8 Å². The average Bonchev–Trinajstić information content (AvgIpc) is 3.02. The van der Waals surface area contributed by atoms with Crippen LogP contribution in [-0.2, 0) is 14.3 Å². The molecule has 3 aromatic carbocycles. The van der Waals surface area contributed by atoms with Crippen LogP contribution in [0.3, 0.4) is 0 Å². The molecule has 2 amide bonds. The van der Waals surface area contributed by atoms with Gasteiger partial charge in [-0.05, 0) is 79.6 Å². The van der Waals surface area contributed by atoms with E-state index in [0.717, 1.165) is 16.9 Å². The Morgan fingerprint density at radius 3 is 1.85 bits per heavy atom. The second-order valence-corrected chi connectivity index (χ2v) is 9.71. The van der Waals surface area contributed by atoms with Gasteiger partial charge in [-0.1, -0.05) is 0 Å². The summed E-state index contributed by atoms with van der Waals surface area (Å²) in [6.45, 7) is 0.414. The van der Waals surface area contributed by atoms with Gasteiger partial charge in [0.15, 0.2) is 6.61 Å². The van der Waals surface area contributed by atoms with Crippen LogP contribution >= 0.6 is 0 Å². The standard InChI is InChI=1S/C31H30N4O6/c1-39-23-8-3-19(4-9-23)28-29(20-5-10-24(40-2)11-6-20)34-26-17-22(7-12-25(26)33-28)31(38)41-18-27(36)35-15-13-21(14-16-35)30(32)37/h3-12,17,21H,13-16,18H2,1-2H3,(H2,32,37). The quantitative estimate of drug-likeness (QED) is 0.325. The summed E-state index contributed by atoms with van der Waals surface area (Å²) in [6.07, 6.45) is 1.01. The second kappa shape index (κ2) is 12.0. The third-order valence-corrected chi connectivity index (χ3v) is 7.20. The summed E-state index contributed by atoms with van der Waals surface area (Å²) in [6, 6.07) is 20.0. The van der Waals surface area contributed by atoms with Gasteiger partial charge in [0.1, 0.15) is 11.5 Å². The molecule has 4 aromatic rings. The predicted molar refractivity (Wildman–Crippen MR) is 152 cm³/mol. The first-order valence-electron chi connectivity index (χ1n) is 13.2. The van der Waals surface area contributed by atoms with Crippen molar-refractivity contribution in [2.75, 3.05) is 33.9 Å². The average molecular weight is 555 g/mol. The molecule has 1 aliphatic heterocycles. The molecule has 10 nitrogen and oxygen atoms in total. The monoisotopic (exact) mass is 554 g/mol. The highest BCUT2D eigenvalue weighted by Crippen LogP contribution is 2.33. The maximum absolute atomic E-state index is 12.9. The molecule has 0 unspecified atom stereocenters. The molecule has 0 spiro atoms. The number of fused-ring (bicyclic) bond motifs is 1. The number of nitrogens with two attached hydrogens (primary N) is 1. The Morgan fingerprint density at radius 2 is 1.34 bits per heavy atom. The highest BCUT2D eigenvalue weighted by molar-refractivity contribution is 5.96. The van der Waals surface area contributed by atoms with E-state index in [1.54, 1.807) is 37.3 Å². The van der Waals surface area contributed by atoms with E-state index in [1.165, 1.54) is 0 Å². The number of nitrogens with zero attached hydrogens (tertiary/aromatic N) is 3. The lowest BCUT2D eigenvalue weighted by atomic mass is 9.96. The summed E-state index contributed by atoms with van der Waals surface area (Å²) in [7, 11) is 3.22. The number of carbonyl (C=O) groups is 3. The topological polar surface area (TPSA) is 134 Å². The number of amides is 2. The minimum atomic E-state index is -0.640. The molecule has 0 bridgehead atoms. The van der Waals surface area contributed by atoms with Gasteiger partial charge in [-0.3, -0.25) is 9.59 Å². The Hall–Kier alpha value is -4.99. The maximum atomic E-state index is 12.9. The molecule has 1 aromatic heterocycles. The molecule has 5 rings (SSSR count). The molecule has 1 saturated heterocycles. The number of benzene rings is 3. The number of carbonyl (C=O) groups excluding carboxylic acids is 3. The van der Waals surface area contributed by atoms with Crippen LogP contribution in [0.4, 0.5) is 0 Å². The molecule has 10 heteroatoms. The van der Waals surface area contributed by atoms with Gasteiger partial charge < -0.3 is 24.8 Å². The number of piperidine rings is 1. The zero-order valence-electron chi connectivity index (χ0n) is 22.8. The van der Waals surface area contributed by atoms with E-state index >= 15 is 0 Å². The molecule has 0 saturated carbocycles. The van der Waals surface area contributed by atoms with Gasteiger partial charge in [0.05, 0.1) is 42.2 Å². The van der Waals surface area contributed by atoms with E-state index < -0.39 is 12.6 Å². The fourth-order valence-electron chi connectivity index (χ4n) is 4.80. The number of aromatic nitrogens is 2. The summed E-state index contributed by atoms with van der Waals surface area (Å²) in [5.74, 6) is -0.0924. The van der Waals surface area contributed by atoms with E-state index in [0.29, 0.717) is 54.1 Å². The Balaban J connectivity index is 1.39. The highest BCUT2D eigenvalue weighted by atomic mass is 16.5. The van der Waals surface area contributed by atoms with E-state index in [9.17, 15) is 14.4 Å². The van der Waals surface area contributed by atoms with Gasteiger partial charge in [0, 0.05) is 30.1 Å². The molecular weight excluding hydrogens is 524 g/mol. The fourth-order valence-corrected chi connectivity index (χ4v) is 4.80. The van der Waals surface area contributed by atoms with Crippen molar-refractivity contribution in [2.24, 2.45) is 11.7 Å². The van der Waals surface area contributed by atoms with Gasteiger partial charge >= 0.3 is 5.97 Å². The van der Waals surface area contributed by atoms with Crippen molar-refractivity contribution in [2.45, 2.75) is 12.8 Å². The molecule has 0 radical (unpaired) electrons. The number of methoxy groups -OCH3 is 2. The normalized spacial score (nSPS) is 13.6. The van der Waals surface area contributed by atoms with Crippen molar-refractivity contribution in [3.05, 3.63) is 72.3 Å². The van der Waals surface area contributed by atoms with Crippen molar-refractivity contribution in [3.8, 4) is 34.0 Å². The Morgan fingerprint density at radius 1 is 0.805 bits per heavy atom. The minimum Gasteiger partial charge on any atom is -0.497 e. The Kier molecular flexibility index (Phi) is 8.09. The van der Waals surface area contributed by atoms with Crippen LogP contribution in [0.25, 0.3) is 33.5 Å². The predicted octanol–water partition coefficient (Wildman–Crippen LogP) is 3.86. The molecule has 2 N–H and O–H groups in total. The van der Waals surface area contributed by atoms with Crippen molar-refractivity contribution in [3.63, 3.8) is 0 Å². The van der Waals surface area contributed by atoms with E-state index in [1.807, 2.05) is 48.5 Å². The fraction of sp³-hybridized carbons (Fsp3) is 0.258. The summed E-state index contributed by atoms with van der Waals surface area (Å²) >= 11 is 0. The summed E-state index contributed by atoms with van der Waals surface area (Å²) in [5, 5.41) is 0. The third kappa shape index (κ3) is 6.11. The Labute approximate surface area is 237 Å². The van der Waals surface area contributed by atoms with Crippen LogP contribution < -0.4 is 15.2 Å². The lowest BCUT2D eigenvalue weighted by Crippen LogP contribution is -2.43. The first kappa shape index (κ1) is 27.6. The zero-order chi connectivity index (χ0) is 28.9. The number of likely N-dealkylation sites (tertiary alicyclic amines) is 1. The van der Waals surface area contributed by atoms with Crippen LogP contribution in [0, 0.1) is 5.92 Å². The molecule has 0 atom stereocenters. The van der Waals surface area contributed by atoms with Crippen LogP contribution in [-0.4, -0.2) is 66.6 Å². The summed E-state index contributed by atoms with van der Waals surface area (Å²) < 4.78 is 15.9. The van der Waals surface area contributed by atoms with Crippen LogP contribution in [0.5, 0.6) is 11.5 Å². The van der Waals surface area contributed by atoms with Gasteiger partial charge in [0.2, 0.25) is 5.91 Å². The molecule has 1 aliphatic rings. The van der Waals surface area contributed by atoms with Gasteiger partial charge in [-0.15, -0.1) is 0 Å². The van der Waals surface area contributed by atoms with Crippen molar-refractivity contribution < 1.29 is 28.6 Å². The van der Waals surface area contributed by atoms with Crippen molar-refractivity contribution in [1.82, 2.24) is 14.9 Å². The zero-order valence-corrected chi connectivity index (χ0v) is 22.8. The van der Waals surface area contributed by atoms with Crippen LogP contribution in [0.1, 0.15) is 23.2 Å². The van der Waals surface area contributed by atoms with Crippen LogP contribution in [0.2, 0.25) is 0 Å². The SMILES string of the molecule is COc1ccc(-c2nc3ccc(C(=O)OCC(=O)N4CCC(C(N)=O)CC4)cc3nc2-c2ccc(OC)cc2)cc1. The smallest absolute Gasteiger partial charge is 0.338 e. The lowest BCUT2D eigenvalue weighted by molar-refractivity contribution is -0.137. The molecular formula is C31H30N4O6. The van der Waals surface area contributed by atoms with Crippen molar-refractivity contribution >= 4 is 28.8 Å². The number of esters is 1. The lowest BCUT2D eigenvalue weighted by Gasteiger charge is -2.30. The first-order chi connectivity index (χ1) is 19.9. The van der Waals surface area contributed by atoms with Gasteiger partial charge in [-0.2, -0.15) is 0 Å². The number of hydrogen-bond acceptors (Lipinski definition) is 8. The Bertz CT molecular complexity index is 1580. The van der Waals surface area contributed by atoms with E-state index in [2.05, 4.69) is 0 Å². The van der Waals surface area contributed by atoms with Gasteiger partial charge in [0.25, 0.3) is 5.91 Å². The number of rotatable bonds is 8. The summed E-state index contributed by atoms with van der Waals surface area (Å²) in [4.78, 5) is 48.2. The highest BCUT2D eigenvalue weighted by Gasteiger charge is 2.26. The number of primary amides is 1. The second-order valence-electron chi connectivity index (χ2n) is 9.71. The molecule has 210 valence electrons. The molecule has 0 aliphatic carbocycles. The third-order valence-electron chi connectivity index (χ3n) is 7.20. The minimum absolute atomic E-state index is 0.228. The molecule has 1 fully saturated rings. The number of hydrogen-bond donors (Lipinski definition) is 1. The maximum Gasteiger partial charge on any atom is 0.338 e. The molecule has 2 heterocycles. The number of ether oxygens (including phenoxy) is 3. The largest absolute Gasteiger partial charge is 0.497 e. The molecule has 41 heavy (non-hydrogen) atoms. The first-order valence-corrected chi connectivity index (χ1v) is 13.2. The van der Waals surface area contributed by atoms with E-state index in [4.69, 9.17) is 29.9 Å². The summed E-state index contributed by atoms with van der Waals surface area (Å²) in [5.41, 5.74) is 9.70. The van der Waals surface area contributed by atoms with Crippen molar-refractivity contribution in [1.29, 1.82) is 0 Å². The van der Waals surface area contributed by atoms with E-state index in [-0.39, 0.29) is 23.3 Å². The van der Waals surface area contributed by atoms with Crippen LogP contribution in [0.15, 0.2) is 66.7 Å².